The van der Waals surface area contributed by atoms with E-state index in [1.807, 2.05) is 66.7 Å². The van der Waals surface area contributed by atoms with Gasteiger partial charge in [-0.2, -0.15) is 12.6 Å². The van der Waals surface area contributed by atoms with Crippen LogP contribution in [0.15, 0.2) is 79.1 Å². The van der Waals surface area contributed by atoms with E-state index in [-0.39, 0.29) is 12.3 Å². The number of hydrogen-bond donors (Lipinski definition) is 3. The summed E-state index contributed by atoms with van der Waals surface area (Å²) in [7, 11) is 0. The van der Waals surface area contributed by atoms with Gasteiger partial charge < -0.3 is 10.4 Å². The Morgan fingerprint density at radius 2 is 1.60 bits per heavy atom. The van der Waals surface area contributed by atoms with E-state index in [0.29, 0.717) is 12.2 Å². The third kappa shape index (κ3) is 5.94. The van der Waals surface area contributed by atoms with Gasteiger partial charge in [0.15, 0.2) is 0 Å². The average molecular weight is 421 g/mol. The second-order valence-electron chi connectivity index (χ2n) is 7.11. The summed E-state index contributed by atoms with van der Waals surface area (Å²) in [5.74, 6) is -1.41. The van der Waals surface area contributed by atoms with Crippen LogP contribution in [-0.4, -0.2) is 33.8 Å². The molecule has 1 unspecified atom stereocenters. The summed E-state index contributed by atoms with van der Waals surface area (Å²) >= 11 is 4.29. The van der Waals surface area contributed by atoms with Gasteiger partial charge in [-0.15, -0.1) is 0 Å². The monoisotopic (exact) mass is 420 g/mol. The Bertz CT molecular complexity index is 963. The van der Waals surface area contributed by atoms with Crippen LogP contribution in [0.5, 0.6) is 0 Å². The molecule has 30 heavy (non-hydrogen) atoms. The van der Waals surface area contributed by atoms with Crippen molar-refractivity contribution in [2.75, 3.05) is 5.75 Å². The molecule has 3 aromatic rings. The van der Waals surface area contributed by atoms with Crippen LogP contribution in [0.1, 0.15) is 11.1 Å². The minimum atomic E-state index is -1.06. The Labute approximate surface area is 181 Å². The molecule has 0 fully saturated rings. The Morgan fingerprint density at radius 3 is 2.20 bits per heavy atom. The van der Waals surface area contributed by atoms with Crippen LogP contribution < -0.4 is 5.32 Å². The Hall–Kier alpha value is -3.12. The summed E-state index contributed by atoms with van der Waals surface area (Å²) in [6.07, 6.45) is 4.22. The first kappa shape index (κ1) is 21.6. The molecule has 0 radical (unpaired) electrons. The number of carbonyl (C=O) groups excluding carboxylic acids is 1. The zero-order valence-corrected chi connectivity index (χ0v) is 17.3. The number of aromatic nitrogens is 1. The predicted molar refractivity (Wildman–Crippen MR) is 120 cm³/mol. The van der Waals surface area contributed by atoms with Crippen LogP contribution in [-0.2, 0) is 22.4 Å². The highest BCUT2D eigenvalue weighted by atomic mass is 32.1. The Morgan fingerprint density at radius 1 is 0.900 bits per heavy atom. The first-order valence-electron chi connectivity index (χ1n) is 9.74. The molecule has 0 aliphatic carbocycles. The lowest BCUT2D eigenvalue weighted by Crippen LogP contribution is -2.45. The van der Waals surface area contributed by atoms with Gasteiger partial charge in [0.25, 0.3) is 0 Å². The minimum Gasteiger partial charge on any atom is -0.480 e. The number of aliphatic carboxylic acids is 1. The molecular weight excluding hydrogens is 396 g/mol. The predicted octanol–water partition coefficient (Wildman–Crippen LogP) is 3.65. The van der Waals surface area contributed by atoms with E-state index in [1.54, 1.807) is 12.4 Å². The van der Waals surface area contributed by atoms with Gasteiger partial charge in [0.2, 0.25) is 5.91 Å². The molecule has 0 aliphatic heterocycles. The third-order valence-electron chi connectivity index (χ3n) is 4.92. The number of nitrogens with zero attached hydrogens (tertiary/aromatic N) is 1. The average Bonchev–Trinajstić information content (AvgIpc) is 2.78. The van der Waals surface area contributed by atoms with E-state index >= 15 is 0 Å². The molecule has 6 heteroatoms. The van der Waals surface area contributed by atoms with E-state index < -0.39 is 17.9 Å². The fraction of sp³-hybridized carbons (Fsp3) is 0.208. The van der Waals surface area contributed by atoms with Crippen LogP contribution >= 0.6 is 12.6 Å². The highest BCUT2D eigenvalue weighted by Gasteiger charge is 2.25. The van der Waals surface area contributed by atoms with Crippen molar-refractivity contribution in [2.45, 2.75) is 18.9 Å². The van der Waals surface area contributed by atoms with Gasteiger partial charge in [0, 0.05) is 24.6 Å². The van der Waals surface area contributed by atoms with Gasteiger partial charge in [-0.3, -0.25) is 9.78 Å². The first-order chi connectivity index (χ1) is 14.6. The van der Waals surface area contributed by atoms with Gasteiger partial charge in [0.05, 0.1) is 5.92 Å². The molecule has 2 aromatic carbocycles. The molecular formula is C24H24N2O3S. The molecule has 5 nitrogen and oxygen atoms in total. The lowest BCUT2D eigenvalue weighted by molar-refractivity contribution is -0.142. The molecule has 154 valence electrons. The number of pyridine rings is 1. The molecule has 0 bridgehead atoms. The minimum absolute atomic E-state index is 0.207. The largest absolute Gasteiger partial charge is 0.480 e. The second kappa shape index (κ2) is 10.6. The standard InChI is InChI=1S/C24H24N2O3S/c27-23(21(16-30)13-17-5-2-1-3-6-17)26-22(24(28)29)14-18-8-10-19(11-9-18)20-7-4-12-25-15-20/h1-12,15,21-22,30H,13-14,16H2,(H,26,27)(H,28,29)/t21?,22-/m0/s1. The van der Waals surface area contributed by atoms with Gasteiger partial charge in [-0.1, -0.05) is 60.7 Å². The molecule has 0 saturated heterocycles. The summed E-state index contributed by atoms with van der Waals surface area (Å²) < 4.78 is 0. The molecule has 0 spiro atoms. The summed E-state index contributed by atoms with van der Waals surface area (Å²) in [5, 5.41) is 12.3. The van der Waals surface area contributed by atoms with Gasteiger partial charge in [0.1, 0.15) is 6.04 Å². The van der Waals surface area contributed by atoms with Crippen LogP contribution in [0.2, 0.25) is 0 Å². The lowest BCUT2D eigenvalue weighted by atomic mass is 9.98. The van der Waals surface area contributed by atoms with Crippen molar-refractivity contribution in [1.29, 1.82) is 0 Å². The summed E-state index contributed by atoms with van der Waals surface area (Å²) in [6.45, 7) is 0. The maximum absolute atomic E-state index is 12.7. The van der Waals surface area contributed by atoms with E-state index in [2.05, 4.69) is 22.9 Å². The number of carboxylic acid groups (broad SMARTS) is 1. The number of rotatable bonds is 9. The normalized spacial score (nSPS) is 12.7. The number of nitrogens with one attached hydrogen (secondary N) is 1. The van der Waals surface area contributed by atoms with Crippen LogP contribution in [0.25, 0.3) is 11.1 Å². The molecule has 0 aliphatic rings. The van der Waals surface area contributed by atoms with E-state index in [0.717, 1.165) is 22.3 Å². The topological polar surface area (TPSA) is 79.3 Å². The molecule has 1 amide bonds. The number of carboxylic acids is 1. The van der Waals surface area contributed by atoms with Gasteiger partial charge in [-0.05, 0) is 34.7 Å². The van der Waals surface area contributed by atoms with Crippen LogP contribution in [0.4, 0.5) is 0 Å². The summed E-state index contributed by atoms with van der Waals surface area (Å²) in [6, 6.07) is 20.1. The van der Waals surface area contributed by atoms with Gasteiger partial charge in [-0.25, -0.2) is 4.79 Å². The van der Waals surface area contributed by atoms with Crippen molar-refractivity contribution in [1.82, 2.24) is 10.3 Å². The Kier molecular flexibility index (Phi) is 7.63. The third-order valence-corrected chi connectivity index (χ3v) is 5.36. The van der Waals surface area contributed by atoms with Crippen molar-refractivity contribution in [3.8, 4) is 11.1 Å². The molecule has 2 N–H and O–H groups in total. The van der Waals surface area contributed by atoms with Gasteiger partial charge >= 0.3 is 5.97 Å². The SMILES string of the molecule is O=C(N[C@@H](Cc1ccc(-c2cccnc2)cc1)C(=O)O)C(CS)Cc1ccccc1. The highest BCUT2D eigenvalue weighted by Crippen LogP contribution is 2.19. The number of hydrogen-bond acceptors (Lipinski definition) is 4. The lowest BCUT2D eigenvalue weighted by Gasteiger charge is -2.19. The molecule has 0 saturated carbocycles. The number of benzene rings is 2. The summed E-state index contributed by atoms with van der Waals surface area (Å²) in [4.78, 5) is 28.6. The van der Waals surface area contributed by atoms with E-state index in [9.17, 15) is 14.7 Å². The van der Waals surface area contributed by atoms with Crippen LogP contribution in [0, 0.1) is 5.92 Å². The van der Waals surface area contributed by atoms with Crippen LogP contribution in [0.3, 0.4) is 0 Å². The molecule has 1 aromatic heterocycles. The van der Waals surface area contributed by atoms with Crippen molar-refractivity contribution in [3.63, 3.8) is 0 Å². The molecule has 1 heterocycles. The van der Waals surface area contributed by atoms with Crippen molar-refractivity contribution in [2.24, 2.45) is 5.92 Å². The fourth-order valence-corrected chi connectivity index (χ4v) is 3.53. The number of thiol groups is 1. The number of carbonyl (C=O) groups is 2. The zero-order valence-electron chi connectivity index (χ0n) is 16.4. The molecule has 3 rings (SSSR count). The maximum atomic E-state index is 12.7. The fourth-order valence-electron chi connectivity index (χ4n) is 3.23. The quantitative estimate of drug-likeness (QED) is 0.462. The Balaban J connectivity index is 1.65. The highest BCUT2D eigenvalue weighted by molar-refractivity contribution is 7.80. The summed E-state index contributed by atoms with van der Waals surface area (Å²) in [5.41, 5.74) is 3.84. The van der Waals surface area contributed by atoms with Crippen molar-refractivity contribution < 1.29 is 14.7 Å². The van der Waals surface area contributed by atoms with E-state index in [1.165, 1.54) is 0 Å². The number of amides is 1. The van der Waals surface area contributed by atoms with Crippen molar-refractivity contribution in [3.05, 3.63) is 90.3 Å². The maximum Gasteiger partial charge on any atom is 0.326 e. The molecule has 2 atom stereocenters. The second-order valence-corrected chi connectivity index (χ2v) is 7.48. The van der Waals surface area contributed by atoms with Crippen molar-refractivity contribution >= 4 is 24.5 Å². The van der Waals surface area contributed by atoms with E-state index in [4.69, 9.17) is 0 Å². The first-order valence-corrected chi connectivity index (χ1v) is 10.4. The zero-order chi connectivity index (χ0) is 21.3. The smallest absolute Gasteiger partial charge is 0.326 e.